The highest BCUT2D eigenvalue weighted by Gasteiger charge is 2.23. The first-order chi connectivity index (χ1) is 12.7. The predicted molar refractivity (Wildman–Crippen MR) is 101 cm³/mol. The monoisotopic (exact) mass is 347 g/mol. The van der Waals surface area contributed by atoms with E-state index in [1.807, 2.05) is 48.2 Å². The molecule has 0 saturated carbocycles. The lowest BCUT2D eigenvalue weighted by Gasteiger charge is -2.28. The summed E-state index contributed by atoms with van der Waals surface area (Å²) in [7, 11) is 0. The molecule has 3 heterocycles. The van der Waals surface area contributed by atoms with Crippen molar-refractivity contribution >= 4 is 22.6 Å². The van der Waals surface area contributed by atoms with E-state index in [0.29, 0.717) is 19.5 Å². The summed E-state index contributed by atoms with van der Waals surface area (Å²) in [5.74, 6) is 0.884. The number of rotatable bonds is 4. The first-order valence-corrected chi connectivity index (χ1v) is 8.94. The minimum absolute atomic E-state index is 0.121. The second-order valence-electron chi connectivity index (χ2n) is 6.47. The molecule has 0 saturated heterocycles. The number of hydrogen-bond acceptors (Lipinski definition) is 5. The van der Waals surface area contributed by atoms with Crippen LogP contribution in [0.2, 0.25) is 0 Å². The maximum atomic E-state index is 12.9. The smallest absolute Gasteiger partial charge is 0.227 e. The third-order valence-corrected chi connectivity index (χ3v) is 4.71. The SMILES string of the molecule is CCNc1cc2c(nn1)CCN(C(=O)Cc1cccc3cccnc13)C2. The van der Waals surface area contributed by atoms with Gasteiger partial charge in [-0.3, -0.25) is 9.78 Å². The molecule has 26 heavy (non-hydrogen) atoms. The average molecular weight is 347 g/mol. The summed E-state index contributed by atoms with van der Waals surface area (Å²) in [6, 6.07) is 11.9. The summed E-state index contributed by atoms with van der Waals surface area (Å²) in [6.07, 6.45) is 2.88. The van der Waals surface area contributed by atoms with Crippen molar-refractivity contribution in [2.24, 2.45) is 0 Å². The number of benzene rings is 1. The summed E-state index contributed by atoms with van der Waals surface area (Å²) < 4.78 is 0. The molecule has 6 heteroatoms. The molecule has 1 N–H and O–H groups in total. The zero-order valence-electron chi connectivity index (χ0n) is 14.8. The van der Waals surface area contributed by atoms with Crippen LogP contribution in [0, 0.1) is 0 Å². The van der Waals surface area contributed by atoms with Crippen molar-refractivity contribution in [3.63, 3.8) is 0 Å². The van der Waals surface area contributed by atoms with Gasteiger partial charge in [-0.15, -0.1) is 5.10 Å². The molecule has 1 aromatic carbocycles. The van der Waals surface area contributed by atoms with Crippen molar-refractivity contribution in [2.45, 2.75) is 26.3 Å². The fraction of sp³-hybridized carbons (Fsp3) is 0.300. The van der Waals surface area contributed by atoms with E-state index in [1.165, 1.54) is 0 Å². The predicted octanol–water partition coefficient (Wildman–Crippen LogP) is 2.58. The Balaban J connectivity index is 1.53. The van der Waals surface area contributed by atoms with Gasteiger partial charge in [0.1, 0.15) is 5.82 Å². The molecule has 1 amide bonds. The second-order valence-corrected chi connectivity index (χ2v) is 6.47. The Morgan fingerprint density at radius 2 is 2.12 bits per heavy atom. The molecule has 6 nitrogen and oxygen atoms in total. The standard InChI is InChI=1S/C20H21N5O/c1-2-21-18-11-16-13-25(10-8-17(16)23-24-18)19(26)12-15-6-3-5-14-7-4-9-22-20(14)15/h3-7,9,11H,2,8,10,12-13H2,1H3,(H,21,24). The molecule has 3 aromatic rings. The van der Waals surface area contributed by atoms with Crippen LogP contribution in [0.1, 0.15) is 23.7 Å². The number of carbonyl (C=O) groups excluding carboxylic acids is 1. The summed E-state index contributed by atoms with van der Waals surface area (Å²) >= 11 is 0. The molecule has 132 valence electrons. The topological polar surface area (TPSA) is 71.0 Å². The quantitative estimate of drug-likeness (QED) is 0.785. The fourth-order valence-electron chi connectivity index (χ4n) is 3.39. The van der Waals surface area contributed by atoms with Crippen LogP contribution in [0.5, 0.6) is 0 Å². The molecule has 0 aliphatic carbocycles. The van der Waals surface area contributed by atoms with Gasteiger partial charge in [0, 0.05) is 37.6 Å². The number of hydrogen-bond donors (Lipinski definition) is 1. The number of pyridine rings is 1. The number of para-hydroxylation sites is 1. The van der Waals surface area contributed by atoms with Crippen molar-refractivity contribution in [3.8, 4) is 0 Å². The normalized spacial score (nSPS) is 13.5. The Labute approximate surface area is 152 Å². The van der Waals surface area contributed by atoms with Crippen LogP contribution in [0.3, 0.4) is 0 Å². The van der Waals surface area contributed by atoms with Crippen LogP contribution in [-0.2, 0) is 24.2 Å². The lowest BCUT2D eigenvalue weighted by atomic mass is 10.0. The number of carbonyl (C=O) groups is 1. The molecule has 0 radical (unpaired) electrons. The third-order valence-electron chi connectivity index (χ3n) is 4.71. The van der Waals surface area contributed by atoms with E-state index in [2.05, 4.69) is 20.5 Å². The van der Waals surface area contributed by atoms with Crippen molar-refractivity contribution in [1.29, 1.82) is 0 Å². The van der Waals surface area contributed by atoms with Gasteiger partial charge in [-0.1, -0.05) is 24.3 Å². The summed E-state index contributed by atoms with van der Waals surface area (Å²) in [6.45, 7) is 4.08. The molecule has 1 aliphatic heterocycles. The zero-order valence-corrected chi connectivity index (χ0v) is 14.8. The van der Waals surface area contributed by atoms with Gasteiger partial charge < -0.3 is 10.2 Å². The minimum Gasteiger partial charge on any atom is -0.369 e. The van der Waals surface area contributed by atoms with Crippen molar-refractivity contribution in [1.82, 2.24) is 20.1 Å². The van der Waals surface area contributed by atoms with Gasteiger partial charge in [0.05, 0.1) is 17.6 Å². The van der Waals surface area contributed by atoms with E-state index in [4.69, 9.17) is 0 Å². The van der Waals surface area contributed by atoms with Gasteiger partial charge in [-0.2, -0.15) is 5.10 Å². The fourth-order valence-corrected chi connectivity index (χ4v) is 3.39. The second kappa shape index (κ2) is 7.07. The molecular weight excluding hydrogens is 326 g/mol. The Morgan fingerprint density at radius 1 is 1.23 bits per heavy atom. The molecule has 0 fully saturated rings. The molecule has 2 aromatic heterocycles. The van der Waals surface area contributed by atoms with Crippen LogP contribution in [0.25, 0.3) is 10.9 Å². The van der Waals surface area contributed by atoms with Gasteiger partial charge >= 0.3 is 0 Å². The zero-order chi connectivity index (χ0) is 17.9. The Bertz CT molecular complexity index is 951. The van der Waals surface area contributed by atoms with E-state index in [-0.39, 0.29) is 5.91 Å². The summed E-state index contributed by atoms with van der Waals surface area (Å²) in [5.41, 5.74) is 3.94. The summed E-state index contributed by atoms with van der Waals surface area (Å²) in [4.78, 5) is 19.2. The van der Waals surface area contributed by atoms with Crippen LogP contribution in [-0.4, -0.2) is 39.1 Å². The minimum atomic E-state index is 0.121. The Kier molecular flexibility index (Phi) is 4.48. The van der Waals surface area contributed by atoms with Crippen molar-refractivity contribution in [2.75, 3.05) is 18.4 Å². The maximum absolute atomic E-state index is 12.9. The first kappa shape index (κ1) is 16.4. The average Bonchev–Trinajstić information content (AvgIpc) is 2.68. The number of nitrogens with one attached hydrogen (secondary N) is 1. The van der Waals surface area contributed by atoms with Crippen LogP contribution < -0.4 is 5.32 Å². The molecule has 0 spiro atoms. The van der Waals surface area contributed by atoms with Gasteiger partial charge in [0.25, 0.3) is 0 Å². The first-order valence-electron chi connectivity index (χ1n) is 8.94. The maximum Gasteiger partial charge on any atom is 0.227 e. The van der Waals surface area contributed by atoms with Crippen molar-refractivity contribution < 1.29 is 4.79 Å². The van der Waals surface area contributed by atoms with E-state index >= 15 is 0 Å². The summed E-state index contributed by atoms with van der Waals surface area (Å²) in [5, 5.41) is 12.7. The highest BCUT2D eigenvalue weighted by Crippen LogP contribution is 2.21. The lowest BCUT2D eigenvalue weighted by molar-refractivity contribution is -0.131. The number of fused-ring (bicyclic) bond motifs is 2. The lowest BCUT2D eigenvalue weighted by Crippen LogP contribution is -2.37. The van der Waals surface area contributed by atoms with Gasteiger partial charge in [-0.05, 0) is 30.2 Å². The van der Waals surface area contributed by atoms with Crippen LogP contribution in [0.15, 0.2) is 42.6 Å². The van der Waals surface area contributed by atoms with E-state index in [0.717, 1.165) is 46.5 Å². The number of nitrogens with zero attached hydrogens (tertiary/aromatic N) is 4. The van der Waals surface area contributed by atoms with Gasteiger partial charge in [-0.25, -0.2) is 0 Å². The van der Waals surface area contributed by atoms with E-state index < -0.39 is 0 Å². The largest absolute Gasteiger partial charge is 0.369 e. The molecule has 0 bridgehead atoms. The number of amides is 1. The molecule has 1 aliphatic rings. The van der Waals surface area contributed by atoms with E-state index in [9.17, 15) is 4.79 Å². The van der Waals surface area contributed by atoms with Crippen LogP contribution >= 0.6 is 0 Å². The molecular formula is C20H21N5O. The van der Waals surface area contributed by atoms with Gasteiger partial charge in [0.15, 0.2) is 0 Å². The molecule has 4 rings (SSSR count). The number of aromatic nitrogens is 3. The Hall–Kier alpha value is -3.02. The molecule has 0 atom stereocenters. The highest BCUT2D eigenvalue weighted by atomic mass is 16.2. The molecule has 0 unspecified atom stereocenters. The number of anilines is 1. The van der Waals surface area contributed by atoms with Crippen LogP contribution in [0.4, 0.5) is 5.82 Å². The van der Waals surface area contributed by atoms with E-state index in [1.54, 1.807) is 6.20 Å². The third kappa shape index (κ3) is 3.22. The Morgan fingerprint density at radius 3 is 3.00 bits per heavy atom. The van der Waals surface area contributed by atoms with Gasteiger partial charge in [0.2, 0.25) is 5.91 Å². The van der Waals surface area contributed by atoms with Crippen molar-refractivity contribution in [3.05, 3.63) is 59.4 Å². The highest BCUT2D eigenvalue weighted by molar-refractivity contribution is 5.87.